The normalized spacial score (nSPS) is 12.9. The number of rotatable bonds is 9. The summed E-state index contributed by atoms with van der Waals surface area (Å²) in [6, 6.07) is 2.86. The van der Waals surface area contributed by atoms with Crippen LogP contribution in [0.5, 0.6) is 0 Å². The molecule has 104 valence electrons. The topological polar surface area (TPSA) is 29.9 Å². The van der Waals surface area contributed by atoms with Crippen LogP contribution in [0.1, 0.15) is 45.2 Å². The molecule has 0 aromatic carbocycles. The summed E-state index contributed by atoms with van der Waals surface area (Å²) >= 11 is 1.92. The molecular weight excluding hydrogens is 242 g/mol. The standard InChI is InChI=1S/C14H27N3S/c1-5-9-15-13(6-2)8-7-10-18-14-11-12(3)16-17(14)4/h11,13,15H,5-10H2,1-4H3. The van der Waals surface area contributed by atoms with Crippen LogP contribution in [0.15, 0.2) is 11.1 Å². The van der Waals surface area contributed by atoms with Gasteiger partial charge in [0.2, 0.25) is 0 Å². The van der Waals surface area contributed by atoms with Gasteiger partial charge in [0.1, 0.15) is 0 Å². The van der Waals surface area contributed by atoms with E-state index in [0.717, 1.165) is 12.2 Å². The predicted molar refractivity (Wildman–Crippen MR) is 80.3 cm³/mol. The number of hydrogen-bond donors (Lipinski definition) is 1. The number of thioether (sulfide) groups is 1. The van der Waals surface area contributed by atoms with E-state index >= 15 is 0 Å². The maximum Gasteiger partial charge on any atom is 0.0939 e. The lowest BCUT2D eigenvalue weighted by Crippen LogP contribution is -2.29. The van der Waals surface area contributed by atoms with Crippen molar-refractivity contribution in [1.82, 2.24) is 15.1 Å². The molecule has 1 aromatic heterocycles. The maximum atomic E-state index is 4.37. The lowest BCUT2D eigenvalue weighted by molar-refractivity contribution is 0.465. The number of nitrogens with zero attached hydrogens (tertiary/aromatic N) is 2. The van der Waals surface area contributed by atoms with Gasteiger partial charge < -0.3 is 5.32 Å². The van der Waals surface area contributed by atoms with Gasteiger partial charge in [-0.1, -0.05) is 13.8 Å². The van der Waals surface area contributed by atoms with Crippen LogP contribution in [-0.2, 0) is 7.05 Å². The summed E-state index contributed by atoms with van der Waals surface area (Å²) in [4.78, 5) is 0. The smallest absolute Gasteiger partial charge is 0.0939 e. The summed E-state index contributed by atoms with van der Waals surface area (Å²) < 4.78 is 1.98. The van der Waals surface area contributed by atoms with E-state index in [1.165, 1.54) is 36.5 Å². The van der Waals surface area contributed by atoms with Gasteiger partial charge in [-0.15, -0.1) is 11.8 Å². The second-order valence-corrected chi connectivity index (χ2v) is 5.91. The SMILES string of the molecule is CCCNC(CC)CCCSc1cc(C)nn1C. The minimum Gasteiger partial charge on any atom is -0.314 e. The van der Waals surface area contributed by atoms with Crippen molar-refractivity contribution >= 4 is 11.8 Å². The largest absolute Gasteiger partial charge is 0.314 e. The van der Waals surface area contributed by atoms with E-state index in [1.54, 1.807) is 0 Å². The zero-order chi connectivity index (χ0) is 13.4. The first-order valence-electron chi connectivity index (χ1n) is 7.04. The maximum absolute atomic E-state index is 4.37. The first-order chi connectivity index (χ1) is 8.67. The van der Waals surface area contributed by atoms with Crippen molar-refractivity contribution < 1.29 is 0 Å². The number of aromatic nitrogens is 2. The molecule has 1 aromatic rings. The zero-order valence-electron chi connectivity index (χ0n) is 12.2. The van der Waals surface area contributed by atoms with Crippen molar-refractivity contribution in [3.05, 3.63) is 11.8 Å². The van der Waals surface area contributed by atoms with Gasteiger partial charge in [0.05, 0.1) is 10.7 Å². The molecule has 3 nitrogen and oxygen atoms in total. The van der Waals surface area contributed by atoms with Gasteiger partial charge in [-0.25, -0.2) is 0 Å². The van der Waals surface area contributed by atoms with E-state index in [1.807, 2.05) is 30.4 Å². The average Bonchev–Trinajstić information content (AvgIpc) is 2.67. The van der Waals surface area contributed by atoms with E-state index in [2.05, 4.69) is 30.3 Å². The van der Waals surface area contributed by atoms with Crippen LogP contribution in [0.4, 0.5) is 0 Å². The Kier molecular flexibility index (Phi) is 7.44. The minimum atomic E-state index is 0.693. The number of nitrogens with one attached hydrogen (secondary N) is 1. The van der Waals surface area contributed by atoms with Gasteiger partial charge in [0.25, 0.3) is 0 Å². The van der Waals surface area contributed by atoms with E-state index in [4.69, 9.17) is 0 Å². The summed E-state index contributed by atoms with van der Waals surface area (Å²) in [5.41, 5.74) is 1.11. The van der Waals surface area contributed by atoms with E-state index in [9.17, 15) is 0 Å². The van der Waals surface area contributed by atoms with E-state index in [-0.39, 0.29) is 0 Å². The highest BCUT2D eigenvalue weighted by atomic mass is 32.2. The Bertz CT molecular complexity index is 336. The molecule has 0 aliphatic heterocycles. The molecule has 1 rings (SSSR count). The Morgan fingerprint density at radius 3 is 2.78 bits per heavy atom. The van der Waals surface area contributed by atoms with Crippen LogP contribution < -0.4 is 5.32 Å². The quantitative estimate of drug-likeness (QED) is 0.550. The van der Waals surface area contributed by atoms with Gasteiger partial charge in [-0.2, -0.15) is 5.10 Å². The third-order valence-corrected chi connectivity index (χ3v) is 4.25. The highest BCUT2D eigenvalue weighted by molar-refractivity contribution is 7.99. The molecule has 0 amide bonds. The zero-order valence-corrected chi connectivity index (χ0v) is 13.0. The van der Waals surface area contributed by atoms with Crippen LogP contribution in [-0.4, -0.2) is 28.1 Å². The molecule has 1 unspecified atom stereocenters. The van der Waals surface area contributed by atoms with Crippen LogP contribution in [0.3, 0.4) is 0 Å². The summed E-state index contributed by atoms with van der Waals surface area (Å²) in [5, 5.41) is 9.25. The number of hydrogen-bond acceptors (Lipinski definition) is 3. The van der Waals surface area contributed by atoms with Crippen molar-refractivity contribution in [2.75, 3.05) is 12.3 Å². The Morgan fingerprint density at radius 2 is 2.22 bits per heavy atom. The van der Waals surface area contributed by atoms with E-state index in [0.29, 0.717) is 6.04 Å². The molecule has 18 heavy (non-hydrogen) atoms. The van der Waals surface area contributed by atoms with Crippen molar-refractivity contribution in [1.29, 1.82) is 0 Å². The fourth-order valence-electron chi connectivity index (χ4n) is 2.03. The third-order valence-electron chi connectivity index (χ3n) is 3.08. The summed E-state index contributed by atoms with van der Waals surface area (Å²) in [6.07, 6.45) is 5.00. The molecule has 1 heterocycles. The minimum absolute atomic E-state index is 0.693. The van der Waals surface area contributed by atoms with Crippen LogP contribution in [0.2, 0.25) is 0 Å². The van der Waals surface area contributed by atoms with Crippen molar-refractivity contribution in [3.8, 4) is 0 Å². The molecule has 4 heteroatoms. The van der Waals surface area contributed by atoms with E-state index < -0.39 is 0 Å². The lowest BCUT2D eigenvalue weighted by atomic mass is 10.1. The van der Waals surface area contributed by atoms with Crippen LogP contribution in [0.25, 0.3) is 0 Å². The van der Waals surface area contributed by atoms with Crippen molar-refractivity contribution in [2.24, 2.45) is 7.05 Å². The van der Waals surface area contributed by atoms with Gasteiger partial charge in [0, 0.05) is 13.1 Å². The molecule has 1 N–H and O–H groups in total. The van der Waals surface area contributed by atoms with Crippen LogP contribution in [0, 0.1) is 6.92 Å². The van der Waals surface area contributed by atoms with Crippen molar-refractivity contribution in [3.63, 3.8) is 0 Å². The fourth-order valence-corrected chi connectivity index (χ4v) is 3.03. The summed E-state index contributed by atoms with van der Waals surface area (Å²) in [5.74, 6) is 1.18. The molecule has 0 saturated carbocycles. The van der Waals surface area contributed by atoms with Gasteiger partial charge >= 0.3 is 0 Å². The van der Waals surface area contributed by atoms with Gasteiger partial charge in [-0.3, -0.25) is 4.68 Å². The molecule has 0 radical (unpaired) electrons. The highest BCUT2D eigenvalue weighted by Crippen LogP contribution is 2.20. The second-order valence-electron chi connectivity index (χ2n) is 4.80. The molecule has 0 saturated heterocycles. The molecule has 0 aliphatic rings. The first kappa shape index (κ1) is 15.6. The lowest BCUT2D eigenvalue weighted by Gasteiger charge is -2.16. The first-order valence-corrected chi connectivity index (χ1v) is 8.02. The fraction of sp³-hybridized carbons (Fsp3) is 0.786. The van der Waals surface area contributed by atoms with Crippen LogP contribution >= 0.6 is 11.8 Å². The number of aryl methyl sites for hydroxylation is 2. The van der Waals surface area contributed by atoms with Crippen molar-refractivity contribution in [2.45, 2.75) is 57.5 Å². The molecule has 0 fully saturated rings. The molecule has 0 bridgehead atoms. The molecule has 1 atom stereocenters. The third kappa shape index (κ3) is 5.44. The molecular formula is C14H27N3S. The monoisotopic (exact) mass is 269 g/mol. The predicted octanol–water partition coefficient (Wildman–Crippen LogP) is 3.38. The average molecular weight is 269 g/mol. The summed E-state index contributed by atoms with van der Waals surface area (Å²) in [6.45, 7) is 7.68. The van der Waals surface area contributed by atoms with Gasteiger partial charge in [-0.05, 0) is 51.0 Å². The Balaban J connectivity index is 2.19. The highest BCUT2D eigenvalue weighted by Gasteiger charge is 2.06. The Hall–Kier alpha value is -0.480. The Labute approximate surface area is 116 Å². The Morgan fingerprint density at radius 1 is 1.44 bits per heavy atom. The second kappa shape index (κ2) is 8.59. The molecule has 0 spiro atoms. The summed E-state index contributed by atoms with van der Waals surface area (Å²) in [7, 11) is 2.02. The molecule has 0 aliphatic carbocycles. The van der Waals surface area contributed by atoms with Gasteiger partial charge in [0.15, 0.2) is 0 Å².